The molecule has 4 rings (SSSR count). The molecule has 0 radical (unpaired) electrons. The monoisotopic (exact) mass is 588 g/mol. The first kappa shape index (κ1) is 29.6. The summed E-state index contributed by atoms with van der Waals surface area (Å²) < 4.78 is 12.5. The molecule has 40 heavy (non-hydrogen) atoms. The SMILES string of the molecule is C=CC(=O)N1CCC(N(CC)CCn2c(=O)c(-c3c(Cl)c(OC)cc(OC)c3Cl)cc3cnc(NC)nc32)CC1. The number of carbonyl (C=O) groups excluding carboxylic acids is 1. The van der Waals surface area contributed by atoms with Gasteiger partial charge in [-0.15, -0.1) is 0 Å². The van der Waals surface area contributed by atoms with Crippen molar-refractivity contribution < 1.29 is 14.3 Å². The molecule has 1 aliphatic rings. The summed E-state index contributed by atoms with van der Waals surface area (Å²) in [6, 6.07) is 3.57. The molecule has 1 aliphatic heterocycles. The Bertz CT molecular complexity index is 1440. The molecule has 0 aliphatic carbocycles. The quantitative estimate of drug-likeness (QED) is 0.349. The van der Waals surface area contributed by atoms with Gasteiger partial charge in [0.2, 0.25) is 11.9 Å². The van der Waals surface area contributed by atoms with E-state index in [0.29, 0.717) is 65.8 Å². The van der Waals surface area contributed by atoms with E-state index in [9.17, 15) is 9.59 Å². The van der Waals surface area contributed by atoms with Crippen molar-refractivity contribution in [2.24, 2.45) is 0 Å². The number of likely N-dealkylation sites (tertiary alicyclic amines) is 1. The van der Waals surface area contributed by atoms with Crippen molar-refractivity contribution in [2.75, 3.05) is 52.8 Å². The van der Waals surface area contributed by atoms with Crippen molar-refractivity contribution in [3.63, 3.8) is 0 Å². The van der Waals surface area contributed by atoms with Gasteiger partial charge in [0, 0.05) is 62.5 Å². The molecule has 1 fully saturated rings. The Morgan fingerprint density at radius 2 is 1.85 bits per heavy atom. The smallest absolute Gasteiger partial charge is 0.260 e. The Morgan fingerprint density at radius 1 is 1.20 bits per heavy atom. The second kappa shape index (κ2) is 12.9. The fourth-order valence-corrected chi connectivity index (χ4v) is 5.90. The van der Waals surface area contributed by atoms with Crippen LogP contribution in [0.4, 0.5) is 5.95 Å². The molecule has 12 heteroatoms. The van der Waals surface area contributed by atoms with E-state index in [4.69, 9.17) is 32.7 Å². The first-order chi connectivity index (χ1) is 19.3. The van der Waals surface area contributed by atoms with E-state index in [-0.39, 0.29) is 27.6 Å². The molecule has 0 unspecified atom stereocenters. The van der Waals surface area contributed by atoms with Gasteiger partial charge in [0.15, 0.2) is 0 Å². The van der Waals surface area contributed by atoms with Gasteiger partial charge >= 0.3 is 0 Å². The summed E-state index contributed by atoms with van der Waals surface area (Å²) in [6.45, 7) is 8.83. The highest BCUT2D eigenvalue weighted by Gasteiger charge is 2.27. The second-order valence-corrected chi connectivity index (χ2v) is 10.2. The van der Waals surface area contributed by atoms with Crippen LogP contribution in [-0.4, -0.2) is 83.7 Å². The fourth-order valence-electron chi connectivity index (χ4n) is 5.20. The van der Waals surface area contributed by atoms with Crippen LogP contribution in [0.1, 0.15) is 19.8 Å². The minimum atomic E-state index is -0.296. The number of rotatable bonds is 10. The van der Waals surface area contributed by atoms with Crippen LogP contribution < -0.4 is 20.3 Å². The summed E-state index contributed by atoms with van der Waals surface area (Å²) in [4.78, 5) is 39.3. The van der Waals surface area contributed by atoms with Crippen molar-refractivity contribution in [3.05, 3.63) is 51.4 Å². The number of anilines is 1. The van der Waals surface area contributed by atoms with Crippen molar-refractivity contribution in [1.82, 2.24) is 24.3 Å². The fraction of sp³-hybridized carbons (Fsp3) is 0.429. The summed E-state index contributed by atoms with van der Waals surface area (Å²) in [6.07, 6.45) is 4.73. The number of halogens is 2. The predicted octanol–water partition coefficient (Wildman–Crippen LogP) is 4.32. The lowest BCUT2D eigenvalue weighted by atomic mass is 10.0. The zero-order valence-electron chi connectivity index (χ0n) is 23.2. The van der Waals surface area contributed by atoms with E-state index < -0.39 is 0 Å². The first-order valence-corrected chi connectivity index (χ1v) is 13.9. The summed E-state index contributed by atoms with van der Waals surface area (Å²) in [5.41, 5.74) is 0.816. The van der Waals surface area contributed by atoms with Crippen LogP contribution >= 0.6 is 23.2 Å². The number of pyridine rings is 1. The number of benzene rings is 1. The molecule has 1 N–H and O–H groups in total. The van der Waals surface area contributed by atoms with E-state index in [2.05, 4.69) is 33.7 Å². The Kier molecular flexibility index (Phi) is 9.55. The van der Waals surface area contributed by atoms with Crippen LogP contribution in [0.25, 0.3) is 22.2 Å². The largest absolute Gasteiger partial charge is 0.495 e. The number of hydrogen-bond acceptors (Lipinski definition) is 8. The van der Waals surface area contributed by atoms with Gasteiger partial charge in [-0.1, -0.05) is 36.7 Å². The zero-order valence-corrected chi connectivity index (χ0v) is 24.7. The molecule has 0 spiro atoms. The van der Waals surface area contributed by atoms with Crippen LogP contribution in [0.5, 0.6) is 11.5 Å². The molecule has 0 saturated carbocycles. The normalized spacial score (nSPS) is 14.0. The average molecular weight is 590 g/mol. The number of nitrogens with one attached hydrogen (secondary N) is 1. The summed E-state index contributed by atoms with van der Waals surface area (Å²) in [7, 11) is 4.70. The van der Waals surface area contributed by atoms with E-state index in [0.717, 1.165) is 19.4 Å². The Hall–Kier alpha value is -3.34. The van der Waals surface area contributed by atoms with Crippen LogP contribution in [0.3, 0.4) is 0 Å². The minimum absolute atomic E-state index is 0.0390. The number of piperidine rings is 1. The van der Waals surface area contributed by atoms with Gasteiger partial charge in [0.1, 0.15) is 17.1 Å². The second-order valence-electron chi connectivity index (χ2n) is 9.41. The molecule has 214 valence electrons. The van der Waals surface area contributed by atoms with Crippen molar-refractivity contribution >= 4 is 46.1 Å². The summed E-state index contributed by atoms with van der Waals surface area (Å²) in [5, 5.41) is 4.02. The minimum Gasteiger partial charge on any atom is -0.495 e. The van der Waals surface area contributed by atoms with Gasteiger partial charge in [0.25, 0.3) is 5.56 Å². The lowest BCUT2D eigenvalue weighted by Gasteiger charge is -2.38. The van der Waals surface area contributed by atoms with Crippen LogP contribution in [-0.2, 0) is 11.3 Å². The predicted molar refractivity (Wildman–Crippen MR) is 159 cm³/mol. The Balaban J connectivity index is 1.76. The number of aromatic nitrogens is 3. The zero-order chi connectivity index (χ0) is 29.0. The highest BCUT2D eigenvalue weighted by Crippen LogP contribution is 2.45. The van der Waals surface area contributed by atoms with Crippen molar-refractivity contribution in [3.8, 4) is 22.6 Å². The van der Waals surface area contributed by atoms with Crippen LogP contribution in [0.15, 0.2) is 35.8 Å². The van der Waals surface area contributed by atoms with Crippen molar-refractivity contribution in [1.29, 1.82) is 0 Å². The number of nitrogens with zero attached hydrogens (tertiary/aromatic N) is 5. The number of ether oxygens (including phenoxy) is 2. The van der Waals surface area contributed by atoms with Gasteiger partial charge in [0.05, 0.1) is 29.8 Å². The van der Waals surface area contributed by atoms with E-state index in [1.54, 1.807) is 29.9 Å². The van der Waals surface area contributed by atoms with E-state index in [1.807, 2.05) is 4.90 Å². The number of likely N-dealkylation sites (N-methyl/N-ethyl adjacent to an activating group) is 1. The maximum atomic E-state index is 14.1. The maximum Gasteiger partial charge on any atom is 0.260 e. The van der Waals surface area contributed by atoms with Gasteiger partial charge in [-0.25, -0.2) is 4.98 Å². The van der Waals surface area contributed by atoms with Gasteiger partial charge in [-0.2, -0.15) is 4.98 Å². The lowest BCUT2D eigenvalue weighted by Crippen LogP contribution is -2.47. The molecular weight excluding hydrogens is 555 g/mol. The number of hydrogen-bond donors (Lipinski definition) is 1. The molecule has 1 amide bonds. The molecule has 2 aromatic heterocycles. The molecule has 3 aromatic rings. The lowest BCUT2D eigenvalue weighted by molar-refractivity contribution is -0.127. The topological polar surface area (TPSA) is 102 Å². The van der Waals surface area contributed by atoms with Gasteiger partial charge in [-0.05, 0) is 31.5 Å². The van der Waals surface area contributed by atoms with Gasteiger partial charge < -0.3 is 19.7 Å². The average Bonchev–Trinajstić information content (AvgIpc) is 2.98. The summed E-state index contributed by atoms with van der Waals surface area (Å²) >= 11 is 13.4. The summed E-state index contributed by atoms with van der Waals surface area (Å²) in [5.74, 6) is 1.04. The molecule has 1 saturated heterocycles. The molecule has 0 atom stereocenters. The molecule has 1 aromatic carbocycles. The van der Waals surface area contributed by atoms with Crippen LogP contribution in [0.2, 0.25) is 10.0 Å². The molecule has 10 nitrogen and oxygen atoms in total. The van der Waals surface area contributed by atoms with E-state index in [1.165, 1.54) is 20.3 Å². The third-order valence-electron chi connectivity index (χ3n) is 7.38. The van der Waals surface area contributed by atoms with E-state index >= 15 is 0 Å². The third-order valence-corrected chi connectivity index (χ3v) is 8.13. The highest BCUT2D eigenvalue weighted by molar-refractivity contribution is 6.41. The number of amides is 1. The maximum absolute atomic E-state index is 14.1. The molecule has 3 heterocycles. The Labute approximate surface area is 243 Å². The molecule has 0 bridgehead atoms. The van der Waals surface area contributed by atoms with Crippen molar-refractivity contribution in [2.45, 2.75) is 32.4 Å². The number of methoxy groups -OCH3 is 2. The Morgan fingerprint density at radius 3 is 2.40 bits per heavy atom. The first-order valence-electron chi connectivity index (χ1n) is 13.1. The van der Waals surface area contributed by atoms with Gasteiger partial charge in [-0.3, -0.25) is 19.1 Å². The molecular formula is C28H34Cl2N6O4. The third kappa shape index (κ3) is 5.75. The van der Waals surface area contributed by atoms with Crippen LogP contribution in [0, 0.1) is 0 Å². The number of carbonyl (C=O) groups is 1. The highest BCUT2D eigenvalue weighted by atomic mass is 35.5. The number of fused-ring (bicyclic) bond motifs is 1. The standard InChI is InChI=1S/C28H34Cl2N6O4/c1-6-22(37)35-10-8-18(9-11-35)34(7-2)12-13-36-26-17(16-32-28(31-3)33-26)14-19(27(36)38)23-24(29)20(39-4)15-21(40-5)25(23)30/h6,14-16,18H,1,7-13H2,2-5H3,(H,31,32,33).